The fraction of sp³-hybridized carbons (Fsp3) is 0.333. The van der Waals surface area contributed by atoms with E-state index in [4.69, 9.17) is 0 Å². The van der Waals surface area contributed by atoms with Gasteiger partial charge in [0.2, 0.25) is 12.2 Å². The summed E-state index contributed by atoms with van der Waals surface area (Å²) < 4.78 is 0. The highest BCUT2D eigenvalue weighted by atomic mass is 16.2. The molecule has 1 radical (unpaired) electrons. The third-order valence-corrected chi connectivity index (χ3v) is 2.66. The van der Waals surface area contributed by atoms with Crippen LogP contribution >= 0.6 is 0 Å². The minimum Gasteiger partial charge on any atom is -0.354 e. The summed E-state index contributed by atoms with van der Waals surface area (Å²) in [5.74, 6) is -0.0394. The molecule has 1 atom stereocenters. The number of hydrogen-bond acceptors (Lipinski definition) is 3. The predicted octanol–water partition coefficient (Wildman–Crippen LogP) is 0.269. The molecule has 0 spiro atoms. The topological polar surface area (TPSA) is 49.4 Å². The molecule has 0 saturated carbocycles. The monoisotopic (exact) mass is 217 g/mol. The van der Waals surface area contributed by atoms with Crippen LogP contribution in [0.2, 0.25) is 0 Å². The molecular weight excluding hydrogens is 204 g/mol. The molecule has 1 fully saturated rings. The smallest absolute Gasteiger partial charge is 0.234 e. The van der Waals surface area contributed by atoms with Crippen LogP contribution in [-0.4, -0.2) is 36.7 Å². The Morgan fingerprint density at radius 1 is 1.31 bits per heavy atom. The highest BCUT2D eigenvalue weighted by molar-refractivity contribution is 5.79. The molecule has 1 aliphatic rings. The zero-order chi connectivity index (χ0) is 11.4. The largest absolute Gasteiger partial charge is 0.354 e. The van der Waals surface area contributed by atoms with Crippen LogP contribution in [0.4, 0.5) is 0 Å². The predicted molar refractivity (Wildman–Crippen MR) is 59.5 cm³/mol. The van der Waals surface area contributed by atoms with Gasteiger partial charge in [-0.25, -0.2) is 0 Å². The number of rotatable bonds is 3. The molecule has 1 saturated heterocycles. The van der Waals surface area contributed by atoms with Gasteiger partial charge in [0, 0.05) is 13.1 Å². The lowest BCUT2D eigenvalue weighted by Gasteiger charge is -2.30. The molecule has 1 heterocycles. The van der Waals surface area contributed by atoms with Crippen LogP contribution in [0, 0.1) is 0 Å². The lowest BCUT2D eigenvalue weighted by atomic mass is 10.1. The second kappa shape index (κ2) is 4.90. The molecule has 1 N–H and O–H groups in total. The second-order valence-corrected chi connectivity index (χ2v) is 3.75. The third-order valence-electron chi connectivity index (χ3n) is 2.66. The van der Waals surface area contributed by atoms with E-state index >= 15 is 0 Å². The van der Waals surface area contributed by atoms with Crippen molar-refractivity contribution in [1.82, 2.24) is 10.2 Å². The van der Waals surface area contributed by atoms with Gasteiger partial charge < -0.3 is 5.32 Å². The van der Waals surface area contributed by atoms with E-state index < -0.39 is 6.04 Å². The first-order chi connectivity index (χ1) is 7.81. The van der Waals surface area contributed by atoms with Crippen molar-refractivity contribution in [2.24, 2.45) is 0 Å². The summed E-state index contributed by atoms with van der Waals surface area (Å²) in [6, 6.07) is 8.97. The highest BCUT2D eigenvalue weighted by Crippen LogP contribution is 2.18. The maximum atomic E-state index is 11.2. The minimum atomic E-state index is -0.438. The summed E-state index contributed by atoms with van der Waals surface area (Å²) in [6.07, 6.45) is 2.00. The summed E-state index contributed by atoms with van der Waals surface area (Å²) in [5.41, 5.74) is 0.882. The summed E-state index contributed by atoms with van der Waals surface area (Å²) in [5, 5.41) is 2.73. The van der Waals surface area contributed by atoms with Crippen LogP contribution < -0.4 is 5.32 Å². The van der Waals surface area contributed by atoms with E-state index in [2.05, 4.69) is 5.32 Å². The zero-order valence-corrected chi connectivity index (χ0v) is 8.85. The van der Waals surface area contributed by atoms with Crippen molar-refractivity contribution in [1.29, 1.82) is 0 Å². The van der Waals surface area contributed by atoms with Crippen LogP contribution in [0.15, 0.2) is 30.3 Å². The average Bonchev–Trinajstić information content (AvgIpc) is 2.31. The van der Waals surface area contributed by atoms with Crippen LogP contribution in [0.25, 0.3) is 0 Å². The first kappa shape index (κ1) is 10.8. The number of piperazine rings is 1. The minimum absolute atomic E-state index is 0.0394. The molecule has 0 aromatic heterocycles. The van der Waals surface area contributed by atoms with Gasteiger partial charge in [-0.2, -0.15) is 0 Å². The van der Waals surface area contributed by atoms with Gasteiger partial charge >= 0.3 is 0 Å². The molecule has 83 valence electrons. The standard InChI is InChI=1S/C12H13N2O2/c15-9-11(10-4-2-1-3-5-10)14-7-6-13-12(16)8-14/h1-5,11H,6-8H2,(H,13,16). The maximum Gasteiger partial charge on any atom is 0.234 e. The molecule has 1 aliphatic heterocycles. The van der Waals surface area contributed by atoms with Gasteiger partial charge in [-0.15, -0.1) is 0 Å². The molecule has 4 nitrogen and oxygen atoms in total. The molecule has 2 rings (SSSR count). The molecule has 1 aromatic rings. The Kier molecular flexibility index (Phi) is 3.31. The number of nitrogens with zero attached hydrogens (tertiary/aromatic N) is 1. The van der Waals surface area contributed by atoms with Crippen LogP contribution in [0.3, 0.4) is 0 Å². The lowest BCUT2D eigenvalue weighted by Crippen LogP contribution is -2.49. The normalized spacial score (nSPS) is 18.9. The second-order valence-electron chi connectivity index (χ2n) is 3.75. The van der Waals surface area contributed by atoms with Gasteiger partial charge in [0.1, 0.15) is 6.04 Å². The summed E-state index contributed by atoms with van der Waals surface area (Å²) in [7, 11) is 0. The van der Waals surface area contributed by atoms with E-state index in [1.165, 1.54) is 0 Å². The first-order valence-corrected chi connectivity index (χ1v) is 5.24. The Morgan fingerprint density at radius 2 is 2.06 bits per heavy atom. The first-order valence-electron chi connectivity index (χ1n) is 5.24. The molecule has 1 amide bonds. The van der Waals surface area contributed by atoms with Crippen molar-refractivity contribution >= 4 is 12.2 Å². The Bertz CT molecular complexity index is 378. The summed E-state index contributed by atoms with van der Waals surface area (Å²) >= 11 is 0. The van der Waals surface area contributed by atoms with E-state index in [1.54, 1.807) is 0 Å². The molecule has 0 aliphatic carbocycles. The number of nitrogens with one attached hydrogen (secondary N) is 1. The number of carbonyl (C=O) groups excluding carboxylic acids is 2. The molecule has 0 bridgehead atoms. The number of hydrogen-bond donors (Lipinski definition) is 1. The molecule has 1 aromatic carbocycles. The van der Waals surface area contributed by atoms with E-state index in [0.29, 0.717) is 13.1 Å². The molecule has 1 unspecified atom stereocenters. The quantitative estimate of drug-likeness (QED) is 0.790. The van der Waals surface area contributed by atoms with Gasteiger partial charge in [-0.1, -0.05) is 30.3 Å². The Labute approximate surface area is 94.2 Å². The van der Waals surface area contributed by atoms with E-state index in [9.17, 15) is 9.59 Å². The summed E-state index contributed by atoms with van der Waals surface area (Å²) in [4.78, 5) is 24.1. The Balaban J connectivity index is 2.16. The lowest BCUT2D eigenvalue weighted by molar-refractivity contribution is -0.124. The van der Waals surface area contributed by atoms with Crippen LogP contribution in [-0.2, 0) is 9.59 Å². The van der Waals surface area contributed by atoms with Gasteiger partial charge in [0.05, 0.1) is 6.54 Å². The Hall–Kier alpha value is -1.68. The van der Waals surface area contributed by atoms with Crippen LogP contribution in [0.1, 0.15) is 11.6 Å². The Morgan fingerprint density at radius 3 is 2.69 bits per heavy atom. The van der Waals surface area contributed by atoms with Crippen molar-refractivity contribution in [2.45, 2.75) is 6.04 Å². The number of carbonyl (C=O) groups is 1. The number of benzene rings is 1. The van der Waals surface area contributed by atoms with Crippen molar-refractivity contribution in [3.63, 3.8) is 0 Å². The van der Waals surface area contributed by atoms with E-state index in [1.807, 2.05) is 41.5 Å². The van der Waals surface area contributed by atoms with Crippen molar-refractivity contribution in [3.05, 3.63) is 35.9 Å². The van der Waals surface area contributed by atoms with Gasteiger partial charge in [0.25, 0.3) is 0 Å². The van der Waals surface area contributed by atoms with Crippen LogP contribution in [0.5, 0.6) is 0 Å². The average molecular weight is 217 g/mol. The maximum absolute atomic E-state index is 11.2. The molecular formula is C12H13N2O2. The van der Waals surface area contributed by atoms with Gasteiger partial charge in [-0.3, -0.25) is 14.5 Å². The highest BCUT2D eigenvalue weighted by Gasteiger charge is 2.25. The third kappa shape index (κ3) is 2.28. The molecule has 16 heavy (non-hydrogen) atoms. The van der Waals surface area contributed by atoms with Crippen molar-refractivity contribution in [2.75, 3.05) is 19.6 Å². The van der Waals surface area contributed by atoms with E-state index in [0.717, 1.165) is 5.56 Å². The van der Waals surface area contributed by atoms with Crippen molar-refractivity contribution in [3.8, 4) is 0 Å². The van der Waals surface area contributed by atoms with E-state index in [-0.39, 0.29) is 12.5 Å². The number of amides is 1. The molecule has 4 heteroatoms. The van der Waals surface area contributed by atoms with Gasteiger partial charge in [0.15, 0.2) is 0 Å². The SMILES string of the molecule is O=[C]C(c1ccccc1)N1CCNC(=O)C1. The van der Waals surface area contributed by atoms with Gasteiger partial charge in [-0.05, 0) is 5.56 Å². The summed E-state index contributed by atoms with van der Waals surface area (Å²) in [6.45, 7) is 1.53. The fourth-order valence-electron chi connectivity index (χ4n) is 1.87. The zero-order valence-electron chi connectivity index (χ0n) is 8.85. The van der Waals surface area contributed by atoms with Crippen molar-refractivity contribution < 1.29 is 9.59 Å². The fourth-order valence-corrected chi connectivity index (χ4v) is 1.87.